The van der Waals surface area contributed by atoms with E-state index in [9.17, 15) is 4.79 Å². The molecule has 20 heavy (non-hydrogen) atoms. The highest BCUT2D eigenvalue weighted by molar-refractivity contribution is 5.76. The van der Waals surface area contributed by atoms with Crippen LogP contribution in [0.1, 0.15) is 60.0 Å². The first-order valence-corrected chi connectivity index (χ1v) is 7.94. The third-order valence-electron chi connectivity index (χ3n) is 6.04. The van der Waals surface area contributed by atoms with Crippen LogP contribution in [0.4, 0.5) is 0 Å². The molecular formula is C19H22O. The second-order valence-corrected chi connectivity index (χ2v) is 7.37. The first-order valence-electron chi connectivity index (χ1n) is 7.94. The Balaban J connectivity index is 1.83. The Hall–Kier alpha value is -1.37. The maximum absolute atomic E-state index is 11.2. The lowest BCUT2D eigenvalue weighted by Crippen LogP contribution is -2.48. The summed E-state index contributed by atoms with van der Waals surface area (Å²) in [4.78, 5) is 11.2. The molecule has 4 aliphatic rings. The number of carbonyl (C=O) groups excluding carboxylic acids is 1. The summed E-state index contributed by atoms with van der Waals surface area (Å²) in [6, 6.07) is 6.16. The molecule has 4 bridgehead atoms. The highest BCUT2D eigenvalue weighted by Crippen LogP contribution is 2.61. The normalized spacial score (nSPS) is 37.9. The van der Waals surface area contributed by atoms with E-state index < -0.39 is 0 Å². The van der Waals surface area contributed by atoms with Crippen LogP contribution < -0.4 is 0 Å². The van der Waals surface area contributed by atoms with Crippen LogP contribution in [0.15, 0.2) is 24.8 Å². The molecule has 1 aromatic rings. The van der Waals surface area contributed by atoms with Gasteiger partial charge in [0.15, 0.2) is 0 Å². The molecule has 4 aliphatic carbocycles. The molecule has 5 rings (SSSR count). The van der Waals surface area contributed by atoms with Gasteiger partial charge >= 0.3 is 0 Å². The average molecular weight is 266 g/mol. The van der Waals surface area contributed by atoms with E-state index in [1.54, 1.807) is 0 Å². The summed E-state index contributed by atoms with van der Waals surface area (Å²) in [5.74, 6) is 2.79. The molecule has 4 saturated carbocycles. The van der Waals surface area contributed by atoms with Crippen LogP contribution in [0.3, 0.4) is 0 Å². The Morgan fingerprint density at radius 2 is 1.65 bits per heavy atom. The quantitative estimate of drug-likeness (QED) is 0.730. The van der Waals surface area contributed by atoms with E-state index in [1.165, 1.54) is 49.7 Å². The summed E-state index contributed by atoms with van der Waals surface area (Å²) < 4.78 is 0. The SMILES string of the molecule is C=Cc1ccc(C=O)cc1C12CC3CC(CC(C3)C1)C2. The highest BCUT2D eigenvalue weighted by atomic mass is 16.1. The number of aldehydes is 1. The molecule has 0 unspecified atom stereocenters. The summed E-state index contributed by atoms with van der Waals surface area (Å²) in [5, 5.41) is 0. The van der Waals surface area contributed by atoms with Crippen molar-refractivity contribution in [2.45, 2.75) is 43.9 Å². The Bertz CT molecular complexity index is 534. The minimum absolute atomic E-state index is 0.345. The molecule has 1 nitrogen and oxygen atoms in total. The molecule has 0 heterocycles. The van der Waals surface area contributed by atoms with Crippen LogP contribution in [-0.2, 0) is 5.41 Å². The number of hydrogen-bond acceptors (Lipinski definition) is 1. The number of rotatable bonds is 3. The van der Waals surface area contributed by atoms with Gasteiger partial charge in [0.1, 0.15) is 6.29 Å². The van der Waals surface area contributed by atoms with E-state index in [1.807, 2.05) is 12.1 Å². The molecule has 0 saturated heterocycles. The largest absolute Gasteiger partial charge is 0.298 e. The van der Waals surface area contributed by atoms with Crippen molar-refractivity contribution in [3.05, 3.63) is 41.5 Å². The topological polar surface area (TPSA) is 17.1 Å². The maximum Gasteiger partial charge on any atom is 0.150 e. The van der Waals surface area contributed by atoms with Crippen molar-refractivity contribution in [3.8, 4) is 0 Å². The second-order valence-electron chi connectivity index (χ2n) is 7.37. The molecule has 0 atom stereocenters. The van der Waals surface area contributed by atoms with E-state index in [0.717, 1.165) is 29.6 Å². The van der Waals surface area contributed by atoms with E-state index >= 15 is 0 Å². The van der Waals surface area contributed by atoms with Crippen molar-refractivity contribution in [2.24, 2.45) is 17.8 Å². The van der Waals surface area contributed by atoms with Gasteiger partial charge in [0, 0.05) is 5.56 Å². The van der Waals surface area contributed by atoms with Crippen molar-refractivity contribution in [1.82, 2.24) is 0 Å². The fourth-order valence-electron chi connectivity index (χ4n) is 5.72. The minimum Gasteiger partial charge on any atom is -0.298 e. The van der Waals surface area contributed by atoms with Crippen LogP contribution in [-0.4, -0.2) is 6.29 Å². The second kappa shape index (κ2) is 4.31. The number of benzene rings is 1. The molecule has 0 radical (unpaired) electrons. The molecule has 0 amide bonds. The molecule has 0 aliphatic heterocycles. The van der Waals surface area contributed by atoms with Crippen molar-refractivity contribution >= 4 is 12.4 Å². The molecule has 0 N–H and O–H groups in total. The monoisotopic (exact) mass is 266 g/mol. The van der Waals surface area contributed by atoms with Gasteiger partial charge in [-0.3, -0.25) is 4.79 Å². The predicted molar refractivity (Wildman–Crippen MR) is 81.8 cm³/mol. The van der Waals surface area contributed by atoms with Crippen LogP contribution in [0.5, 0.6) is 0 Å². The lowest BCUT2D eigenvalue weighted by molar-refractivity contribution is -0.00528. The zero-order valence-electron chi connectivity index (χ0n) is 12.0. The lowest BCUT2D eigenvalue weighted by Gasteiger charge is -2.57. The molecule has 0 spiro atoms. The van der Waals surface area contributed by atoms with Gasteiger partial charge in [-0.2, -0.15) is 0 Å². The summed E-state index contributed by atoms with van der Waals surface area (Å²) in [5.41, 5.74) is 3.83. The maximum atomic E-state index is 11.2. The number of carbonyl (C=O) groups is 1. The van der Waals surface area contributed by atoms with Crippen molar-refractivity contribution in [2.75, 3.05) is 0 Å². The van der Waals surface area contributed by atoms with Crippen molar-refractivity contribution < 1.29 is 4.79 Å². The minimum atomic E-state index is 0.345. The number of hydrogen-bond donors (Lipinski definition) is 0. The Kier molecular flexibility index (Phi) is 2.67. The van der Waals surface area contributed by atoms with Gasteiger partial charge < -0.3 is 0 Å². The third-order valence-corrected chi connectivity index (χ3v) is 6.04. The fraction of sp³-hybridized carbons (Fsp3) is 0.526. The summed E-state index contributed by atoms with van der Waals surface area (Å²) >= 11 is 0. The molecule has 1 aromatic carbocycles. The van der Waals surface area contributed by atoms with Gasteiger partial charge in [0.05, 0.1) is 0 Å². The van der Waals surface area contributed by atoms with Gasteiger partial charge in [-0.05, 0) is 78.9 Å². The lowest BCUT2D eigenvalue weighted by atomic mass is 9.47. The van der Waals surface area contributed by atoms with Crippen molar-refractivity contribution in [3.63, 3.8) is 0 Å². The Morgan fingerprint density at radius 3 is 2.15 bits per heavy atom. The molecule has 1 heteroatoms. The van der Waals surface area contributed by atoms with Gasteiger partial charge in [0.25, 0.3) is 0 Å². The first-order chi connectivity index (χ1) is 9.72. The van der Waals surface area contributed by atoms with Gasteiger partial charge in [-0.15, -0.1) is 0 Å². The predicted octanol–water partition coefficient (Wildman–Crippen LogP) is 4.61. The molecule has 4 fully saturated rings. The highest BCUT2D eigenvalue weighted by Gasteiger charge is 2.52. The standard InChI is InChI=1S/C19H22O/c1-2-17-4-3-13(12-20)8-18(17)19-9-14-5-15(10-19)7-16(6-14)11-19/h2-4,8,12,14-16H,1,5-7,9-11H2. The van der Waals surface area contributed by atoms with Crippen molar-refractivity contribution in [1.29, 1.82) is 0 Å². The molecule has 104 valence electrons. The van der Waals surface area contributed by atoms with Gasteiger partial charge in [-0.1, -0.05) is 24.8 Å². The molecular weight excluding hydrogens is 244 g/mol. The van der Waals surface area contributed by atoms with E-state index in [2.05, 4.69) is 18.7 Å². The molecule has 0 aromatic heterocycles. The van der Waals surface area contributed by atoms with E-state index in [4.69, 9.17) is 0 Å². The van der Waals surface area contributed by atoms with Crippen LogP contribution in [0.2, 0.25) is 0 Å². The Labute approximate surface area is 121 Å². The van der Waals surface area contributed by atoms with E-state index in [0.29, 0.717) is 5.41 Å². The zero-order chi connectivity index (χ0) is 13.7. The summed E-state index contributed by atoms with van der Waals surface area (Å²) in [6.07, 6.45) is 11.3. The van der Waals surface area contributed by atoms with Crippen LogP contribution >= 0.6 is 0 Å². The smallest absolute Gasteiger partial charge is 0.150 e. The Morgan fingerprint density at radius 1 is 1.05 bits per heavy atom. The summed E-state index contributed by atoms with van der Waals surface area (Å²) in [6.45, 7) is 3.99. The third kappa shape index (κ3) is 1.72. The first kappa shape index (κ1) is 12.4. The van der Waals surface area contributed by atoms with Crippen LogP contribution in [0.25, 0.3) is 6.08 Å². The van der Waals surface area contributed by atoms with E-state index in [-0.39, 0.29) is 0 Å². The zero-order valence-corrected chi connectivity index (χ0v) is 12.0. The summed E-state index contributed by atoms with van der Waals surface area (Å²) in [7, 11) is 0. The average Bonchev–Trinajstić information content (AvgIpc) is 2.45. The van der Waals surface area contributed by atoms with Crippen LogP contribution in [0, 0.1) is 17.8 Å². The fourth-order valence-corrected chi connectivity index (χ4v) is 5.72. The van der Waals surface area contributed by atoms with Gasteiger partial charge in [-0.25, -0.2) is 0 Å². The van der Waals surface area contributed by atoms with Gasteiger partial charge in [0.2, 0.25) is 0 Å².